The van der Waals surface area contributed by atoms with Gasteiger partial charge in [0, 0.05) is 48.6 Å². The molecular weight excluding hydrogens is 512 g/mol. The van der Waals surface area contributed by atoms with E-state index in [2.05, 4.69) is 68.1 Å². The zero-order chi connectivity index (χ0) is 29.8. The summed E-state index contributed by atoms with van der Waals surface area (Å²) in [6, 6.07) is 15.6. The van der Waals surface area contributed by atoms with Gasteiger partial charge in [-0.1, -0.05) is 59.7 Å². The van der Waals surface area contributed by atoms with Crippen molar-refractivity contribution in [3.63, 3.8) is 0 Å². The molecule has 3 aromatic rings. The van der Waals surface area contributed by atoms with Gasteiger partial charge < -0.3 is 15.4 Å². The van der Waals surface area contributed by atoms with Gasteiger partial charge in [-0.3, -0.25) is 19.5 Å². The number of pyridine rings is 1. The normalized spacial score (nSPS) is 14.5. The average Bonchev–Trinajstić information content (AvgIpc) is 2.92. The number of hydrogen-bond donors (Lipinski definition) is 2. The fraction of sp³-hybridized carbons (Fsp3) is 0.441. The summed E-state index contributed by atoms with van der Waals surface area (Å²) in [4.78, 5) is 33.0. The second-order valence-corrected chi connectivity index (χ2v) is 13.2. The standard InChI is InChI=1S/C34H44N4O3/c1-23-30(25-8-10-26(11-9-25)31(39)36-22-33(2,3)4)19-29(20-35-23)37-32(40)27-16-24(17-28(18-27)34(5,6)7)21-38-12-14-41-15-13-38/h8-11,16-20H,12-15,21-22H2,1-7H3,(H,36,39)(H,37,40). The molecule has 7 heteroatoms. The first kappa shape index (κ1) is 30.4. The lowest BCUT2D eigenvalue weighted by Crippen LogP contribution is -2.35. The number of nitrogens with zero attached hydrogens (tertiary/aromatic N) is 2. The molecule has 0 aliphatic carbocycles. The predicted molar refractivity (Wildman–Crippen MR) is 165 cm³/mol. The van der Waals surface area contributed by atoms with Gasteiger partial charge in [-0.05, 0) is 64.8 Å². The smallest absolute Gasteiger partial charge is 0.255 e. The molecule has 0 saturated carbocycles. The van der Waals surface area contributed by atoms with Crippen molar-refractivity contribution in [2.45, 2.75) is 60.4 Å². The van der Waals surface area contributed by atoms with Gasteiger partial charge in [0.1, 0.15) is 0 Å². The predicted octanol–water partition coefficient (Wildman–Crippen LogP) is 6.21. The van der Waals surface area contributed by atoms with E-state index in [0.717, 1.165) is 60.8 Å². The van der Waals surface area contributed by atoms with Gasteiger partial charge in [0.25, 0.3) is 11.8 Å². The zero-order valence-corrected chi connectivity index (χ0v) is 25.6. The van der Waals surface area contributed by atoms with Crippen molar-refractivity contribution >= 4 is 17.5 Å². The van der Waals surface area contributed by atoms with Gasteiger partial charge in [0.15, 0.2) is 0 Å². The summed E-state index contributed by atoms with van der Waals surface area (Å²) in [7, 11) is 0. The van der Waals surface area contributed by atoms with Crippen molar-refractivity contribution in [3.05, 3.63) is 82.7 Å². The minimum absolute atomic E-state index is 0.0155. The van der Waals surface area contributed by atoms with Gasteiger partial charge in [0.05, 0.1) is 25.1 Å². The van der Waals surface area contributed by atoms with E-state index in [1.165, 1.54) is 0 Å². The second kappa shape index (κ2) is 12.5. The van der Waals surface area contributed by atoms with Crippen LogP contribution >= 0.6 is 0 Å². The molecule has 2 amide bonds. The lowest BCUT2D eigenvalue weighted by molar-refractivity contribution is 0.0341. The molecule has 1 fully saturated rings. The lowest BCUT2D eigenvalue weighted by Gasteiger charge is -2.28. The number of nitrogens with one attached hydrogen (secondary N) is 2. The van der Waals surface area contributed by atoms with E-state index in [0.29, 0.717) is 23.4 Å². The van der Waals surface area contributed by atoms with E-state index in [4.69, 9.17) is 4.74 Å². The first-order chi connectivity index (χ1) is 19.3. The summed E-state index contributed by atoms with van der Waals surface area (Å²) in [5.41, 5.74) is 6.72. The second-order valence-electron chi connectivity index (χ2n) is 13.2. The Balaban J connectivity index is 1.53. The number of aromatic nitrogens is 1. The maximum absolute atomic E-state index is 13.5. The molecule has 7 nitrogen and oxygen atoms in total. The Bertz CT molecular complexity index is 1380. The highest BCUT2D eigenvalue weighted by Gasteiger charge is 2.20. The van der Waals surface area contributed by atoms with Crippen LogP contribution in [0.25, 0.3) is 11.1 Å². The third kappa shape index (κ3) is 8.47. The van der Waals surface area contributed by atoms with E-state index in [-0.39, 0.29) is 22.6 Å². The molecule has 0 atom stereocenters. The molecule has 1 aliphatic rings. The summed E-state index contributed by atoms with van der Waals surface area (Å²) < 4.78 is 5.50. The molecule has 218 valence electrons. The molecule has 1 aromatic heterocycles. The van der Waals surface area contributed by atoms with Crippen molar-refractivity contribution in [2.75, 3.05) is 38.2 Å². The molecule has 0 spiro atoms. The Kier molecular flexibility index (Phi) is 9.30. The van der Waals surface area contributed by atoms with Crippen molar-refractivity contribution in [1.29, 1.82) is 0 Å². The fourth-order valence-electron chi connectivity index (χ4n) is 4.71. The largest absolute Gasteiger partial charge is 0.379 e. The van der Waals surface area contributed by atoms with Crippen LogP contribution in [-0.4, -0.2) is 54.5 Å². The van der Waals surface area contributed by atoms with Gasteiger partial charge in [-0.2, -0.15) is 0 Å². The van der Waals surface area contributed by atoms with Crippen molar-refractivity contribution in [1.82, 2.24) is 15.2 Å². The molecule has 2 N–H and O–H groups in total. The lowest BCUT2D eigenvalue weighted by atomic mass is 9.85. The summed E-state index contributed by atoms with van der Waals surface area (Å²) in [5, 5.41) is 6.05. The molecule has 4 rings (SSSR count). The van der Waals surface area contributed by atoms with Gasteiger partial charge in [-0.25, -0.2) is 0 Å². The number of rotatable bonds is 7. The summed E-state index contributed by atoms with van der Waals surface area (Å²) >= 11 is 0. The number of benzene rings is 2. The number of carbonyl (C=O) groups is 2. The van der Waals surface area contributed by atoms with Crippen LogP contribution in [-0.2, 0) is 16.7 Å². The molecule has 2 aromatic carbocycles. The fourth-order valence-corrected chi connectivity index (χ4v) is 4.71. The van der Waals surface area contributed by atoms with Crippen LogP contribution in [0.4, 0.5) is 5.69 Å². The van der Waals surface area contributed by atoms with Crippen LogP contribution in [0, 0.1) is 12.3 Å². The van der Waals surface area contributed by atoms with Crippen LogP contribution in [0.15, 0.2) is 54.7 Å². The Labute approximate surface area is 244 Å². The van der Waals surface area contributed by atoms with Gasteiger partial charge in [0.2, 0.25) is 0 Å². The quantitative estimate of drug-likeness (QED) is 0.361. The van der Waals surface area contributed by atoms with E-state index < -0.39 is 0 Å². The minimum Gasteiger partial charge on any atom is -0.379 e. The Morgan fingerprint density at radius 2 is 1.59 bits per heavy atom. The molecule has 0 bridgehead atoms. The molecule has 41 heavy (non-hydrogen) atoms. The monoisotopic (exact) mass is 556 g/mol. The van der Waals surface area contributed by atoms with E-state index in [1.807, 2.05) is 49.4 Å². The van der Waals surface area contributed by atoms with Crippen molar-refractivity contribution in [3.8, 4) is 11.1 Å². The SMILES string of the molecule is Cc1ncc(NC(=O)c2cc(CN3CCOCC3)cc(C(C)(C)C)c2)cc1-c1ccc(C(=O)NCC(C)(C)C)cc1. The minimum atomic E-state index is -0.165. The summed E-state index contributed by atoms with van der Waals surface area (Å²) in [5.74, 6) is -0.255. The summed E-state index contributed by atoms with van der Waals surface area (Å²) in [6.45, 7) is 19.3. The van der Waals surface area contributed by atoms with Gasteiger partial charge >= 0.3 is 0 Å². The number of hydrogen-bond acceptors (Lipinski definition) is 5. The molecule has 0 radical (unpaired) electrons. The molecule has 2 heterocycles. The number of carbonyl (C=O) groups excluding carboxylic acids is 2. The van der Waals surface area contributed by atoms with Crippen molar-refractivity contribution < 1.29 is 14.3 Å². The first-order valence-electron chi connectivity index (χ1n) is 14.4. The molecule has 1 saturated heterocycles. The van der Waals surface area contributed by atoms with E-state index >= 15 is 0 Å². The molecular formula is C34H44N4O3. The highest BCUT2D eigenvalue weighted by atomic mass is 16.5. The van der Waals surface area contributed by atoms with Crippen LogP contribution in [0.5, 0.6) is 0 Å². The maximum atomic E-state index is 13.5. The number of anilines is 1. The van der Waals surface area contributed by atoms with Crippen LogP contribution in [0.2, 0.25) is 0 Å². The topological polar surface area (TPSA) is 83.6 Å². The maximum Gasteiger partial charge on any atom is 0.255 e. The molecule has 0 unspecified atom stereocenters. The Morgan fingerprint density at radius 1 is 0.902 bits per heavy atom. The third-order valence-electron chi connectivity index (χ3n) is 7.21. The molecule has 1 aliphatic heterocycles. The number of ether oxygens (including phenoxy) is 1. The Hall–Kier alpha value is -3.55. The zero-order valence-electron chi connectivity index (χ0n) is 25.6. The Morgan fingerprint density at radius 3 is 2.22 bits per heavy atom. The van der Waals surface area contributed by atoms with Crippen LogP contribution in [0.1, 0.15) is 79.1 Å². The van der Waals surface area contributed by atoms with Crippen LogP contribution < -0.4 is 10.6 Å². The first-order valence-corrected chi connectivity index (χ1v) is 14.4. The highest BCUT2D eigenvalue weighted by Crippen LogP contribution is 2.28. The average molecular weight is 557 g/mol. The third-order valence-corrected chi connectivity index (χ3v) is 7.21. The highest BCUT2D eigenvalue weighted by molar-refractivity contribution is 6.04. The van der Waals surface area contributed by atoms with Crippen LogP contribution in [0.3, 0.4) is 0 Å². The van der Waals surface area contributed by atoms with Crippen molar-refractivity contribution in [2.24, 2.45) is 5.41 Å². The van der Waals surface area contributed by atoms with E-state index in [9.17, 15) is 9.59 Å². The number of aryl methyl sites for hydroxylation is 1. The number of amides is 2. The van der Waals surface area contributed by atoms with Gasteiger partial charge in [-0.15, -0.1) is 0 Å². The van der Waals surface area contributed by atoms with E-state index in [1.54, 1.807) is 6.20 Å². The number of morpholine rings is 1. The summed E-state index contributed by atoms with van der Waals surface area (Å²) in [6.07, 6.45) is 1.69.